The lowest BCUT2D eigenvalue weighted by Crippen LogP contribution is -1.97. The highest BCUT2D eigenvalue weighted by Crippen LogP contribution is 2.27. The van der Waals surface area contributed by atoms with Crippen molar-refractivity contribution in [1.29, 1.82) is 0 Å². The Hall–Kier alpha value is -2.59. The van der Waals surface area contributed by atoms with Crippen LogP contribution >= 0.6 is 12.4 Å². The molecule has 0 amide bonds. The molecular weight excluding hydrogens is 298 g/mol. The van der Waals surface area contributed by atoms with Gasteiger partial charge in [0.15, 0.2) is 0 Å². The Labute approximate surface area is 135 Å². The van der Waals surface area contributed by atoms with Crippen molar-refractivity contribution in [2.24, 2.45) is 0 Å². The summed E-state index contributed by atoms with van der Waals surface area (Å²) in [5.74, 6) is 1.51. The minimum atomic E-state index is 0. The first-order valence-electron chi connectivity index (χ1n) is 6.64. The summed E-state index contributed by atoms with van der Waals surface area (Å²) in [6, 6.07) is 19.7. The third kappa shape index (κ3) is 3.54. The fourth-order valence-electron chi connectivity index (χ4n) is 2.08. The SMILES string of the molecule is COc1ccccc1Nc1cc(-c2ccccc2)ncn1.Cl. The van der Waals surface area contributed by atoms with Gasteiger partial charge in [-0.1, -0.05) is 42.5 Å². The number of ether oxygens (including phenoxy) is 1. The van der Waals surface area contributed by atoms with Crippen LogP contribution in [0.4, 0.5) is 11.5 Å². The van der Waals surface area contributed by atoms with Gasteiger partial charge >= 0.3 is 0 Å². The van der Waals surface area contributed by atoms with Crippen molar-refractivity contribution in [3.8, 4) is 17.0 Å². The molecular formula is C17H16ClN3O. The molecule has 4 nitrogen and oxygen atoms in total. The van der Waals surface area contributed by atoms with E-state index >= 15 is 0 Å². The van der Waals surface area contributed by atoms with Gasteiger partial charge in [0, 0.05) is 11.6 Å². The number of nitrogens with one attached hydrogen (secondary N) is 1. The monoisotopic (exact) mass is 313 g/mol. The molecule has 0 saturated carbocycles. The summed E-state index contributed by atoms with van der Waals surface area (Å²) in [7, 11) is 1.65. The molecule has 1 aromatic heterocycles. The van der Waals surface area contributed by atoms with Gasteiger partial charge in [0.2, 0.25) is 0 Å². The third-order valence-electron chi connectivity index (χ3n) is 3.11. The van der Waals surface area contributed by atoms with Crippen molar-refractivity contribution in [2.75, 3.05) is 12.4 Å². The number of benzene rings is 2. The number of halogens is 1. The van der Waals surface area contributed by atoms with Crippen LogP contribution in [-0.4, -0.2) is 17.1 Å². The van der Waals surface area contributed by atoms with E-state index in [0.717, 1.165) is 28.5 Å². The second-order valence-electron chi connectivity index (χ2n) is 4.48. The van der Waals surface area contributed by atoms with E-state index in [2.05, 4.69) is 15.3 Å². The largest absolute Gasteiger partial charge is 0.495 e. The highest BCUT2D eigenvalue weighted by atomic mass is 35.5. The van der Waals surface area contributed by atoms with Crippen LogP contribution in [-0.2, 0) is 0 Å². The average Bonchev–Trinajstić information content (AvgIpc) is 2.56. The van der Waals surface area contributed by atoms with Crippen LogP contribution in [0.1, 0.15) is 0 Å². The van der Waals surface area contributed by atoms with E-state index < -0.39 is 0 Å². The maximum absolute atomic E-state index is 5.33. The molecule has 1 N–H and O–H groups in total. The molecule has 0 spiro atoms. The van der Waals surface area contributed by atoms with Gasteiger partial charge in [-0.15, -0.1) is 12.4 Å². The topological polar surface area (TPSA) is 47.0 Å². The lowest BCUT2D eigenvalue weighted by atomic mass is 10.1. The van der Waals surface area contributed by atoms with Crippen LogP contribution in [0.2, 0.25) is 0 Å². The molecule has 3 rings (SSSR count). The summed E-state index contributed by atoms with van der Waals surface area (Å²) in [6.07, 6.45) is 1.56. The highest BCUT2D eigenvalue weighted by Gasteiger charge is 2.05. The van der Waals surface area contributed by atoms with E-state index in [1.165, 1.54) is 0 Å². The van der Waals surface area contributed by atoms with Gasteiger partial charge in [-0.2, -0.15) is 0 Å². The number of methoxy groups -OCH3 is 1. The van der Waals surface area contributed by atoms with E-state index in [-0.39, 0.29) is 12.4 Å². The van der Waals surface area contributed by atoms with Gasteiger partial charge in [0.25, 0.3) is 0 Å². The maximum atomic E-state index is 5.33. The Balaban J connectivity index is 0.00000176. The van der Waals surface area contributed by atoms with Gasteiger partial charge in [-0.25, -0.2) is 9.97 Å². The Morgan fingerprint density at radius 2 is 1.64 bits per heavy atom. The van der Waals surface area contributed by atoms with Crippen LogP contribution in [0.25, 0.3) is 11.3 Å². The predicted molar refractivity (Wildman–Crippen MR) is 91.0 cm³/mol. The molecule has 3 aromatic rings. The first-order chi connectivity index (χ1) is 10.4. The van der Waals surface area contributed by atoms with Crippen LogP contribution < -0.4 is 10.1 Å². The smallest absolute Gasteiger partial charge is 0.142 e. The van der Waals surface area contributed by atoms with Crippen molar-refractivity contribution >= 4 is 23.9 Å². The molecule has 0 unspecified atom stereocenters. The van der Waals surface area contributed by atoms with E-state index in [1.54, 1.807) is 13.4 Å². The fraction of sp³-hybridized carbons (Fsp3) is 0.0588. The third-order valence-corrected chi connectivity index (χ3v) is 3.11. The number of hydrogen-bond donors (Lipinski definition) is 1. The molecule has 112 valence electrons. The minimum Gasteiger partial charge on any atom is -0.495 e. The second kappa shape index (κ2) is 7.43. The fourth-order valence-corrected chi connectivity index (χ4v) is 2.08. The van der Waals surface area contributed by atoms with Gasteiger partial charge < -0.3 is 10.1 Å². The van der Waals surface area contributed by atoms with Crippen LogP contribution in [0.15, 0.2) is 67.0 Å². The van der Waals surface area contributed by atoms with Crippen molar-refractivity contribution in [3.63, 3.8) is 0 Å². The van der Waals surface area contributed by atoms with Gasteiger partial charge in [0.1, 0.15) is 17.9 Å². The van der Waals surface area contributed by atoms with Crippen molar-refractivity contribution in [3.05, 3.63) is 67.0 Å². The minimum absolute atomic E-state index is 0. The van der Waals surface area contributed by atoms with E-state index in [1.807, 2.05) is 60.7 Å². The summed E-state index contributed by atoms with van der Waals surface area (Å²) in [6.45, 7) is 0. The summed E-state index contributed by atoms with van der Waals surface area (Å²) in [4.78, 5) is 8.57. The number of rotatable bonds is 4. The quantitative estimate of drug-likeness (QED) is 0.779. The average molecular weight is 314 g/mol. The van der Waals surface area contributed by atoms with Crippen molar-refractivity contribution in [1.82, 2.24) is 9.97 Å². The number of hydrogen-bond acceptors (Lipinski definition) is 4. The van der Waals surface area contributed by atoms with Crippen LogP contribution in [0, 0.1) is 0 Å². The normalized spacial score (nSPS) is 9.68. The summed E-state index contributed by atoms with van der Waals surface area (Å²) < 4.78 is 5.33. The predicted octanol–water partition coefficient (Wildman–Crippen LogP) is 4.32. The zero-order chi connectivity index (χ0) is 14.5. The number of aromatic nitrogens is 2. The Bertz CT molecular complexity index is 735. The lowest BCUT2D eigenvalue weighted by Gasteiger charge is -2.10. The van der Waals surface area contributed by atoms with Gasteiger partial charge in [0.05, 0.1) is 18.5 Å². The molecule has 0 aliphatic rings. The molecule has 5 heteroatoms. The Morgan fingerprint density at radius 3 is 2.41 bits per heavy atom. The van der Waals surface area contributed by atoms with Crippen LogP contribution in [0.5, 0.6) is 5.75 Å². The maximum Gasteiger partial charge on any atom is 0.142 e. The zero-order valence-electron chi connectivity index (χ0n) is 12.1. The van der Waals surface area contributed by atoms with E-state index in [4.69, 9.17) is 4.74 Å². The Morgan fingerprint density at radius 1 is 0.909 bits per heavy atom. The zero-order valence-corrected chi connectivity index (χ0v) is 12.9. The van der Waals surface area contributed by atoms with Gasteiger partial charge in [-0.05, 0) is 12.1 Å². The summed E-state index contributed by atoms with van der Waals surface area (Å²) in [5.41, 5.74) is 2.81. The van der Waals surface area contributed by atoms with E-state index in [0.29, 0.717) is 0 Å². The summed E-state index contributed by atoms with van der Waals surface area (Å²) in [5, 5.41) is 3.26. The lowest BCUT2D eigenvalue weighted by molar-refractivity contribution is 0.417. The second-order valence-corrected chi connectivity index (χ2v) is 4.48. The molecule has 0 bridgehead atoms. The molecule has 0 aliphatic heterocycles. The van der Waals surface area contributed by atoms with Gasteiger partial charge in [-0.3, -0.25) is 0 Å². The van der Waals surface area contributed by atoms with E-state index in [9.17, 15) is 0 Å². The number of nitrogens with zero attached hydrogens (tertiary/aromatic N) is 2. The van der Waals surface area contributed by atoms with Crippen LogP contribution in [0.3, 0.4) is 0 Å². The van der Waals surface area contributed by atoms with Crippen molar-refractivity contribution < 1.29 is 4.74 Å². The molecule has 0 saturated heterocycles. The number of anilines is 2. The number of para-hydroxylation sites is 2. The molecule has 0 atom stereocenters. The summed E-state index contributed by atoms with van der Waals surface area (Å²) >= 11 is 0. The molecule has 2 aromatic carbocycles. The first kappa shape index (κ1) is 15.8. The standard InChI is InChI=1S/C17H15N3O.ClH/c1-21-16-10-6-5-9-14(16)20-17-11-15(18-12-19-17)13-7-3-2-4-8-13;/h2-12H,1H3,(H,18,19,20);1H. The molecule has 0 aliphatic carbocycles. The molecule has 1 heterocycles. The van der Waals surface area contributed by atoms with Crippen molar-refractivity contribution in [2.45, 2.75) is 0 Å². The molecule has 0 fully saturated rings. The molecule has 0 radical (unpaired) electrons. The Kier molecular flexibility index (Phi) is 5.33. The first-order valence-corrected chi connectivity index (χ1v) is 6.64. The highest BCUT2D eigenvalue weighted by molar-refractivity contribution is 5.85. The molecule has 22 heavy (non-hydrogen) atoms.